The molecule has 1 aromatic rings. The van der Waals surface area contributed by atoms with Crippen molar-refractivity contribution >= 4 is 8.07 Å². The van der Waals surface area contributed by atoms with Crippen LogP contribution in [0.3, 0.4) is 0 Å². The number of fused-ring (bicyclic) bond motifs is 2. The van der Waals surface area contributed by atoms with E-state index in [4.69, 9.17) is 4.74 Å². The summed E-state index contributed by atoms with van der Waals surface area (Å²) in [5, 5.41) is 0. The van der Waals surface area contributed by atoms with Gasteiger partial charge in [-0.1, -0.05) is 92.2 Å². The van der Waals surface area contributed by atoms with Crippen molar-refractivity contribution in [3.63, 3.8) is 0 Å². The summed E-state index contributed by atoms with van der Waals surface area (Å²) in [7, 11) is -1.49. The summed E-state index contributed by atoms with van der Waals surface area (Å²) < 4.78 is 6.11. The number of benzene rings is 1. The monoisotopic (exact) mass is 416 g/mol. The van der Waals surface area contributed by atoms with Crippen LogP contribution >= 0.6 is 0 Å². The van der Waals surface area contributed by atoms with E-state index in [9.17, 15) is 0 Å². The topological polar surface area (TPSA) is 9.23 Å². The Bertz CT molecular complexity index is 791. The molecule has 0 aliphatic heterocycles. The highest BCUT2D eigenvalue weighted by atomic mass is 28.3. The van der Waals surface area contributed by atoms with E-state index in [0.717, 1.165) is 47.1 Å². The molecule has 2 heteroatoms. The molecule has 0 heterocycles. The van der Waals surface area contributed by atoms with E-state index in [2.05, 4.69) is 85.5 Å². The van der Waals surface area contributed by atoms with E-state index in [1.807, 2.05) is 0 Å². The van der Waals surface area contributed by atoms with Gasteiger partial charge in [-0.3, -0.25) is 0 Å². The second-order valence-electron chi connectivity index (χ2n) is 10.2. The SMILES string of the molecule is C[Si](CCCOc1ccccc1)(C1CCC2C=CC=CC21)C1CCC2C=CC=CC21. The molecule has 0 N–H and O–H groups in total. The second-order valence-corrected chi connectivity index (χ2v) is 15.2. The molecule has 2 saturated carbocycles. The van der Waals surface area contributed by atoms with Gasteiger partial charge in [-0.2, -0.15) is 0 Å². The molecule has 1 aromatic carbocycles. The fraction of sp³-hybridized carbons (Fsp3) is 0.500. The Labute approximate surface area is 183 Å². The van der Waals surface area contributed by atoms with Gasteiger partial charge in [0.25, 0.3) is 0 Å². The van der Waals surface area contributed by atoms with Gasteiger partial charge in [0.1, 0.15) is 5.75 Å². The maximum Gasteiger partial charge on any atom is 0.119 e. The number of para-hydroxylation sites is 1. The Kier molecular flexibility index (Phi) is 5.87. The lowest BCUT2D eigenvalue weighted by Crippen LogP contribution is -2.45. The number of hydrogen-bond acceptors (Lipinski definition) is 1. The molecular formula is C28H36OSi. The molecule has 1 nitrogen and oxygen atoms in total. The minimum Gasteiger partial charge on any atom is -0.494 e. The predicted octanol–water partition coefficient (Wildman–Crippen LogP) is 7.58. The highest BCUT2D eigenvalue weighted by Gasteiger charge is 2.53. The Balaban J connectivity index is 1.34. The van der Waals surface area contributed by atoms with Crippen LogP contribution in [0.2, 0.25) is 23.7 Å². The normalized spacial score (nSPS) is 35.8. The Hall–Kier alpha value is -1.80. The molecule has 158 valence electrons. The van der Waals surface area contributed by atoms with Gasteiger partial charge in [0.2, 0.25) is 0 Å². The lowest BCUT2D eigenvalue weighted by molar-refractivity contribution is 0.316. The predicted molar refractivity (Wildman–Crippen MR) is 129 cm³/mol. The van der Waals surface area contributed by atoms with Crippen LogP contribution in [0.25, 0.3) is 0 Å². The van der Waals surface area contributed by atoms with E-state index in [-0.39, 0.29) is 0 Å². The second kappa shape index (κ2) is 8.75. The molecule has 0 bridgehead atoms. The maximum atomic E-state index is 6.11. The van der Waals surface area contributed by atoms with Crippen LogP contribution in [-0.2, 0) is 0 Å². The number of ether oxygens (including phenoxy) is 1. The van der Waals surface area contributed by atoms with Crippen molar-refractivity contribution in [3.05, 3.63) is 78.9 Å². The molecule has 30 heavy (non-hydrogen) atoms. The van der Waals surface area contributed by atoms with Crippen molar-refractivity contribution in [1.82, 2.24) is 0 Å². The van der Waals surface area contributed by atoms with Crippen LogP contribution in [0.1, 0.15) is 32.1 Å². The minimum absolute atomic E-state index is 0.795. The third-order valence-electron chi connectivity index (χ3n) is 8.71. The third-order valence-corrected chi connectivity index (χ3v) is 14.9. The number of allylic oxidation sites excluding steroid dienone is 8. The van der Waals surface area contributed by atoms with Crippen LogP contribution in [0.15, 0.2) is 78.9 Å². The number of rotatable bonds is 7. The fourth-order valence-electron chi connectivity index (χ4n) is 7.26. The van der Waals surface area contributed by atoms with Crippen molar-refractivity contribution < 1.29 is 4.74 Å². The van der Waals surface area contributed by atoms with Gasteiger partial charge < -0.3 is 4.74 Å². The van der Waals surface area contributed by atoms with Crippen molar-refractivity contribution in [2.24, 2.45) is 23.7 Å². The molecule has 4 aliphatic rings. The van der Waals surface area contributed by atoms with E-state index < -0.39 is 8.07 Å². The average molecular weight is 417 g/mol. The van der Waals surface area contributed by atoms with Gasteiger partial charge in [0.05, 0.1) is 14.7 Å². The van der Waals surface area contributed by atoms with Gasteiger partial charge in [-0.15, -0.1) is 0 Å². The van der Waals surface area contributed by atoms with Gasteiger partial charge >= 0.3 is 0 Å². The molecule has 6 unspecified atom stereocenters. The van der Waals surface area contributed by atoms with Crippen LogP contribution in [0.5, 0.6) is 5.75 Å². The standard InChI is InChI=1S/C28H36OSi/c1-30(21-9-20-29-24-12-3-2-4-13-24,27-18-16-22-10-5-7-14-25(22)27)28-19-17-23-11-6-8-15-26(23)28/h2-8,10-15,22-23,25-28H,9,16-21H2,1H3. The molecule has 2 fully saturated rings. The lowest BCUT2D eigenvalue weighted by Gasteiger charge is -2.45. The van der Waals surface area contributed by atoms with Crippen LogP contribution in [0.4, 0.5) is 0 Å². The van der Waals surface area contributed by atoms with Crippen LogP contribution in [-0.4, -0.2) is 14.7 Å². The summed E-state index contributed by atoms with van der Waals surface area (Å²) in [6.45, 7) is 3.65. The molecule has 5 rings (SSSR count). The van der Waals surface area contributed by atoms with E-state index in [1.54, 1.807) is 0 Å². The highest BCUT2D eigenvalue weighted by molar-refractivity contribution is 6.81. The summed E-state index contributed by atoms with van der Waals surface area (Å²) >= 11 is 0. The van der Waals surface area contributed by atoms with Crippen molar-refractivity contribution in [3.8, 4) is 5.75 Å². The zero-order chi connectivity index (χ0) is 20.4. The molecule has 0 radical (unpaired) electrons. The summed E-state index contributed by atoms with van der Waals surface area (Å²) in [4.78, 5) is 0. The summed E-state index contributed by atoms with van der Waals surface area (Å²) in [5.41, 5.74) is 1.87. The quantitative estimate of drug-likeness (QED) is 0.329. The van der Waals surface area contributed by atoms with E-state index in [0.29, 0.717) is 0 Å². The van der Waals surface area contributed by atoms with Gasteiger partial charge in [0.15, 0.2) is 0 Å². The molecule has 0 spiro atoms. The first-order valence-corrected chi connectivity index (χ1v) is 15.0. The van der Waals surface area contributed by atoms with Crippen molar-refractivity contribution in [2.75, 3.05) is 6.61 Å². The first-order chi connectivity index (χ1) is 14.8. The van der Waals surface area contributed by atoms with E-state index in [1.165, 1.54) is 38.1 Å². The average Bonchev–Trinajstić information content (AvgIpc) is 3.42. The smallest absolute Gasteiger partial charge is 0.119 e. The largest absolute Gasteiger partial charge is 0.494 e. The zero-order valence-corrected chi connectivity index (χ0v) is 19.3. The summed E-state index contributed by atoms with van der Waals surface area (Å²) in [6.07, 6.45) is 26.3. The molecule has 0 amide bonds. The third kappa shape index (κ3) is 3.80. The van der Waals surface area contributed by atoms with Gasteiger partial charge in [0, 0.05) is 0 Å². The molecule has 4 aliphatic carbocycles. The van der Waals surface area contributed by atoms with Crippen LogP contribution in [0, 0.1) is 23.7 Å². The highest BCUT2D eigenvalue weighted by Crippen LogP contribution is 2.60. The lowest BCUT2D eigenvalue weighted by atomic mass is 9.91. The maximum absolute atomic E-state index is 6.11. The molecule has 6 atom stereocenters. The zero-order valence-electron chi connectivity index (χ0n) is 18.3. The first kappa shape index (κ1) is 20.1. The van der Waals surface area contributed by atoms with Crippen molar-refractivity contribution in [2.45, 2.75) is 55.8 Å². The summed E-state index contributed by atoms with van der Waals surface area (Å²) in [5.74, 6) is 4.20. The van der Waals surface area contributed by atoms with Crippen LogP contribution < -0.4 is 4.74 Å². The Morgan fingerprint density at radius 3 is 1.93 bits per heavy atom. The van der Waals surface area contributed by atoms with Gasteiger partial charge in [-0.05, 0) is 66.1 Å². The van der Waals surface area contributed by atoms with Gasteiger partial charge in [-0.25, -0.2) is 0 Å². The minimum atomic E-state index is -1.49. The summed E-state index contributed by atoms with van der Waals surface area (Å²) in [6, 6.07) is 11.8. The number of hydrogen-bond donors (Lipinski definition) is 0. The molecule has 0 aromatic heterocycles. The fourth-order valence-corrected chi connectivity index (χ4v) is 13.6. The Morgan fingerprint density at radius 1 is 0.767 bits per heavy atom. The van der Waals surface area contributed by atoms with Crippen molar-refractivity contribution in [1.29, 1.82) is 0 Å². The first-order valence-electron chi connectivity index (χ1n) is 12.1. The van der Waals surface area contributed by atoms with E-state index >= 15 is 0 Å². The molecule has 0 saturated heterocycles. The Morgan fingerprint density at radius 2 is 1.33 bits per heavy atom. The molecular weight excluding hydrogens is 380 g/mol.